The number of benzene rings is 2. The maximum atomic E-state index is 13.0. The van der Waals surface area contributed by atoms with Gasteiger partial charge in [-0.05, 0) is 36.2 Å². The molecule has 2 aromatic carbocycles. The third kappa shape index (κ3) is 2.80. The Morgan fingerprint density at radius 1 is 1.00 bits per heavy atom. The Morgan fingerprint density at radius 3 is 2.44 bits per heavy atom. The van der Waals surface area contributed by atoms with E-state index in [2.05, 4.69) is 19.1 Å². The third-order valence-corrected chi connectivity index (χ3v) is 5.93. The lowest BCUT2D eigenvalue weighted by molar-refractivity contribution is 0.415. The van der Waals surface area contributed by atoms with Gasteiger partial charge in [-0.3, -0.25) is 22.9 Å². The number of methoxy groups -OCH3 is 1. The molecule has 0 N–H and O–H groups in total. The maximum Gasteiger partial charge on any atom is 0.332 e. The fourth-order valence-corrected chi connectivity index (χ4v) is 4.09. The lowest BCUT2D eigenvalue weighted by Gasteiger charge is -2.11. The summed E-state index contributed by atoms with van der Waals surface area (Å²) in [4.78, 5) is 30.2. The molecule has 5 aromatic rings. The van der Waals surface area contributed by atoms with Gasteiger partial charge in [-0.1, -0.05) is 31.2 Å². The van der Waals surface area contributed by atoms with E-state index in [1.165, 1.54) is 17.2 Å². The van der Waals surface area contributed by atoms with Crippen molar-refractivity contribution in [1.82, 2.24) is 23.1 Å². The van der Waals surface area contributed by atoms with Crippen molar-refractivity contribution >= 4 is 16.9 Å². The van der Waals surface area contributed by atoms with Crippen LogP contribution >= 0.6 is 0 Å². The quantitative estimate of drug-likeness (QED) is 0.440. The largest absolute Gasteiger partial charge is 0.497 e. The molecule has 0 bridgehead atoms. The molecule has 8 nitrogen and oxygen atoms in total. The number of imidazole rings is 2. The molecule has 162 valence electrons. The van der Waals surface area contributed by atoms with Gasteiger partial charge in [-0.2, -0.15) is 4.98 Å². The van der Waals surface area contributed by atoms with E-state index in [9.17, 15) is 9.59 Å². The number of hydrogen-bond acceptors (Lipinski definition) is 4. The van der Waals surface area contributed by atoms with Crippen LogP contribution < -0.4 is 16.0 Å². The van der Waals surface area contributed by atoms with Gasteiger partial charge < -0.3 is 4.74 Å². The fraction of sp³-hybridized carbons (Fsp3) is 0.208. The van der Waals surface area contributed by atoms with Crippen LogP contribution in [0.5, 0.6) is 5.75 Å². The van der Waals surface area contributed by atoms with E-state index < -0.39 is 5.69 Å². The lowest BCUT2D eigenvalue weighted by Crippen LogP contribution is -2.37. The minimum atomic E-state index is -0.407. The first kappa shape index (κ1) is 19.9. The van der Waals surface area contributed by atoms with Crippen molar-refractivity contribution in [2.75, 3.05) is 7.11 Å². The summed E-state index contributed by atoms with van der Waals surface area (Å²) >= 11 is 0. The van der Waals surface area contributed by atoms with Crippen molar-refractivity contribution in [3.05, 3.63) is 81.1 Å². The van der Waals surface area contributed by atoms with Crippen LogP contribution in [0.2, 0.25) is 0 Å². The highest BCUT2D eigenvalue weighted by Crippen LogP contribution is 2.30. The molecule has 8 heteroatoms. The average molecular weight is 429 g/mol. The summed E-state index contributed by atoms with van der Waals surface area (Å²) in [5.41, 5.74) is 3.83. The van der Waals surface area contributed by atoms with Crippen LogP contribution in [-0.4, -0.2) is 30.2 Å². The normalized spacial score (nSPS) is 11.5. The van der Waals surface area contributed by atoms with Gasteiger partial charge in [0.1, 0.15) is 5.75 Å². The first-order valence-corrected chi connectivity index (χ1v) is 10.4. The average Bonchev–Trinajstić information content (AvgIpc) is 3.38. The highest BCUT2D eigenvalue weighted by molar-refractivity contribution is 5.79. The number of aromatic nitrogens is 5. The van der Waals surface area contributed by atoms with E-state index >= 15 is 0 Å². The zero-order valence-corrected chi connectivity index (χ0v) is 18.4. The molecule has 0 aliphatic heterocycles. The smallest absolute Gasteiger partial charge is 0.332 e. The molecule has 0 fully saturated rings. The molecule has 0 saturated carbocycles. The second-order valence-electron chi connectivity index (χ2n) is 7.76. The van der Waals surface area contributed by atoms with Gasteiger partial charge in [0, 0.05) is 31.5 Å². The van der Waals surface area contributed by atoms with Crippen LogP contribution in [0, 0.1) is 0 Å². The molecule has 0 atom stereocenters. The summed E-state index contributed by atoms with van der Waals surface area (Å²) in [5, 5.41) is 0. The van der Waals surface area contributed by atoms with Crippen molar-refractivity contribution in [1.29, 1.82) is 0 Å². The maximum absolute atomic E-state index is 13.0. The second-order valence-corrected chi connectivity index (χ2v) is 7.76. The Balaban J connectivity index is 1.92. The molecule has 0 saturated heterocycles. The number of ether oxygens (including phenoxy) is 1. The molecule has 0 spiro atoms. The number of fused-ring (bicyclic) bond motifs is 3. The van der Waals surface area contributed by atoms with Gasteiger partial charge in [-0.25, -0.2) is 4.79 Å². The molecule has 0 unspecified atom stereocenters. The third-order valence-electron chi connectivity index (χ3n) is 5.93. The van der Waals surface area contributed by atoms with E-state index in [-0.39, 0.29) is 5.56 Å². The Labute approximate surface area is 183 Å². The number of rotatable bonds is 4. The standard InChI is InChI=1S/C24H23N5O3/c1-5-15-9-11-17(12-10-15)29-19(16-7-6-8-18(13-16)32-4)14-28-20-21(25-23(28)29)26(2)24(31)27(3)22(20)30/h6-14H,5H2,1-4H3. The zero-order valence-electron chi connectivity index (χ0n) is 18.4. The van der Waals surface area contributed by atoms with Gasteiger partial charge >= 0.3 is 5.69 Å². The molecule has 0 amide bonds. The summed E-state index contributed by atoms with van der Waals surface area (Å²) in [5.74, 6) is 1.29. The second kappa shape index (κ2) is 7.26. The first-order chi connectivity index (χ1) is 15.4. The van der Waals surface area contributed by atoms with Crippen molar-refractivity contribution in [3.63, 3.8) is 0 Å². The van der Waals surface area contributed by atoms with Gasteiger partial charge in [0.2, 0.25) is 5.78 Å². The number of hydrogen-bond donors (Lipinski definition) is 0. The molecule has 32 heavy (non-hydrogen) atoms. The van der Waals surface area contributed by atoms with Crippen LogP contribution in [0.25, 0.3) is 33.9 Å². The van der Waals surface area contributed by atoms with Crippen molar-refractivity contribution < 1.29 is 4.74 Å². The van der Waals surface area contributed by atoms with Crippen LogP contribution in [0.3, 0.4) is 0 Å². The molecule has 3 heterocycles. The summed E-state index contributed by atoms with van der Waals surface area (Å²) in [7, 11) is 4.74. The Morgan fingerprint density at radius 2 is 1.75 bits per heavy atom. The van der Waals surface area contributed by atoms with Gasteiger partial charge in [0.15, 0.2) is 11.2 Å². The number of aryl methyl sites for hydroxylation is 2. The van der Waals surface area contributed by atoms with E-state index in [4.69, 9.17) is 9.72 Å². The summed E-state index contributed by atoms with van der Waals surface area (Å²) in [6.07, 6.45) is 2.83. The Bertz CT molecular complexity index is 1600. The van der Waals surface area contributed by atoms with Crippen LogP contribution in [-0.2, 0) is 20.5 Å². The van der Waals surface area contributed by atoms with E-state index in [0.717, 1.165) is 33.7 Å². The Kier molecular flexibility index (Phi) is 4.51. The van der Waals surface area contributed by atoms with Crippen molar-refractivity contribution in [3.8, 4) is 22.7 Å². The highest BCUT2D eigenvalue weighted by Gasteiger charge is 2.21. The van der Waals surface area contributed by atoms with Crippen LogP contribution in [0.1, 0.15) is 12.5 Å². The number of nitrogens with zero attached hydrogens (tertiary/aromatic N) is 5. The minimum Gasteiger partial charge on any atom is -0.497 e. The predicted octanol–water partition coefficient (Wildman–Crippen LogP) is 2.91. The van der Waals surface area contributed by atoms with E-state index in [1.54, 1.807) is 18.6 Å². The molecule has 0 radical (unpaired) electrons. The van der Waals surface area contributed by atoms with E-state index in [0.29, 0.717) is 16.9 Å². The summed E-state index contributed by atoms with van der Waals surface area (Å²) in [6.45, 7) is 2.11. The fourth-order valence-electron chi connectivity index (χ4n) is 4.09. The van der Waals surface area contributed by atoms with Crippen LogP contribution in [0.4, 0.5) is 0 Å². The lowest BCUT2D eigenvalue weighted by atomic mass is 10.1. The molecule has 3 aromatic heterocycles. The molecule has 0 aliphatic rings. The zero-order chi connectivity index (χ0) is 22.6. The summed E-state index contributed by atoms with van der Waals surface area (Å²) < 4.78 is 11.7. The first-order valence-electron chi connectivity index (χ1n) is 10.4. The van der Waals surface area contributed by atoms with Gasteiger partial charge in [-0.15, -0.1) is 0 Å². The topological polar surface area (TPSA) is 75.5 Å². The van der Waals surface area contributed by atoms with Crippen LogP contribution in [0.15, 0.2) is 64.3 Å². The monoisotopic (exact) mass is 429 g/mol. The van der Waals surface area contributed by atoms with Gasteiger partial charge in [0.25, 0.3) is 5.56 Å². The molecular weight excluding hydrogens is 406 g/mol. The predicted molar refractivity (Wildman–Crippen MR) is 124 cm³/mol. The minimum absolute atomic E-state index is 0.351. The molecule has 5 rings (SSSR count). The summed E-state index contributed by atoms with van der Waals surface area (Å²) in [6, 6.07) is 16.0. The highest BCUT2D eigenvalue weighted by atomic mass is 16.5. The SMILES string of the molecule is CCc1ccc(-n2c(-c3cccc(OC)c3)cn3c4c(=O)n(C)c(=O)n(C)c4nc23)cc1. The van der Waals surface area contributed by atoms with Crippen molar-refractivity contribution in [2.24, 2.45) is 14.1 Å². The molecule has 0 aliphatic carbocycles. The van der Waals surface area contributed by atoms with Crippen molar-refractivity contribution in [2.45, 2.75) is 13.3 Å². The van der Waals surface area contributed by atoms with Gasteiger partial charge in [0.05, 0.1) is 12.8 Å². The van der Waals surface area contributed by atoms with E-state index in [1.807, 2.05) is 47.2 Å². The molecular formula is C24H23N5O3. The Hall–Kier alpha value is -4.07.